The Hall–Kier alpha value is -0.460. The van der Waals surface area contributed by atoms with Gasteiger partial charge in [0.1, 0.15) is 0 Å². The minimum absolute atomic E-state index is 0. The molecule has 0 saturated carbocycles. The molecule has 2 saturated heterocycles. The summed E-state index contributed by atoms with van der Waals surface area (Å²) in [4.78, 5) is 28.0. The quantitative estimate of drug-likeness (QED) is 0.814. The highest BCUT2D eigenvalue weighted by atomic mass is 35.5. The molecule has 22 heavy (non-hydrogen) atoms. The zero-order valence-electron chi connectivity index (χ0n) is 13.4. The molecular formula is C15H28ClN3O2S. The maximum absolute atomic E-state index is 12.2. The highest BCUT2D eigenvalue weighted by Gasteiger charge is 2.22. The lowest BCUT2D eigenvalue weighted by Crippen LogP contribution is -2.44. The fourth-order valence-corrected chi connectivity index (χ4v) is 3.80. The van der Waals surface area contributed by atoms with E-state index in [4.69, 9.17) is 0 Å². The summed E-state index contributed by atoms with van der Waals surface area (Å²) >= 11 is 1.46. The van der Waals surface area contributed by atoms with Gasteiger partial charge in [0.05, 0.1) is 11.5 Å². The third kappa shape index (κ3) is 5.97. The number of hydrogen-bond donors (Lipinski definition) is 1. The molecule has 5 nitrogen and oxygen atoms in total. The lowest BCUT2D eigenvalue weighted by atomic mass is 10.1. The maximum Gasteiger partial charge on any atom is 0.232 e. The van der Waals surface area contributed by atoms with Crippen LogP contribution in [0.5, 0.6) is 0 Å². The molecule has 128 valence electrons. The molecular weight excluding hydrogens is 322 g/mol. The van der Waals surface area contributed by atoms with E-state index in [0.717, 1.165) is 51.9 Å². The standard InChI is InChI=1S/C15H27N3O2S.ClH/c1-17(13-5-7-16-8-6-13)14(19)11-21-12-15(20)18-9-3-2-4-10-18;/h13,16H,2-12H2,1H3;1H. The molecule has 2 aliphatic heterocycles. The van der Waals surface area contributed by atoms with Crippen molar-refractivity contribution in [3.05, 3.63) is 0 Å². The van der Waals surface area contributed by atoms with Crippen LogP contribution in [-0.2, 0) is 9.59 Å². The van der Waals surface area contributed by atoms with Gasteiger partial charge >= 0.3 is 0 Å². The number of nitrogens with one attached hydrogen (secondary N) is 1. The first-order valence-electron chi connectivity index (χ1n) is 8.00. The zero-order valence-corrected chi connectivity index (χ0v) is 15.0. The van der Waals surface area contributed by atoms with E-state index in [9.17, 15) is 9.59 Å². The first kappa shape index (κ1) is 19.6. The molecule has 0 radical (unpaired) electrons. The van der Waals surface area contributed by atoms with E-state index in [2.05, 4.69) is 5.32 Å². The van der Waals surface area contributed by atoms with Gasteiger partial charge in [0, 0.05) is 26.2 Å². The van der Waals surface area contributed by atoms with Crippen LogP contribution in [0.25, 0.3) is 0 Å². The molecule has 0 spiro atoms. The highest BCUT2D eigenvalue weighted by Crippen LogP contribution is 2.14. The first-order valence-corrected chi connectivity index (χ1v) is 9.16. The molecule has 0 aromatic carbocycles. The predicted octanol–water partition coefficient (Wildman–Crippen LogP) is 1.36. The van der Waals surface area contributed by atoms with E-state index < -0.39 is 0 Å². The van der Waals surface area contributed by atoms with Gasteiger partial charge in [0.2, 0.25) is 11.8 Å². The predicted molar refractivity (Wildman–Crippen MR) is 93.7 cm³/mol. The second-order valence-electron chi connectivity index (χ2n) is 5.92. The van der Waals surface area contributed by atoms with Gasteiger partial charge in [0.15, 0.2) is 0 Å². The van der Waals surface area contributed by atoms with E-state index in [1.54, 1.807) is 0 Å². The largest absolute Gasteiger partial charge is 0.342 e. The number of likely N-dealkylation sites (tertiary alicyclic amines) is 1. The Kier molecular flexibility index (Phi) is 9.21. The minimum atomic E-state index is 0. The van der Waals surface area contributed by atoms with Crippen LogP contribution in [0.15, 0.2) is 0 Å². The molecule has 0 aromatic heterocycles. The summed E-state index contributed by atoms with van der Waals surface area (Å²) in [5, 5.41) is 3.31. The summed E-state index contributed by atoms with van der Waals surface area (Å²) in [7, 11) is 1.89. The summed E-state index contributed by atoms with van der Waals surface area (Å²) in [5.74, 6) is 1.20. The lowest BCUT2D eigenvalue weighted by Gasteiger charge is -2.31. The van der Waals surface area contributed by atoms with Crippen LogP contribution in [0.4, 0.5) is 0 Å². The second kappa shape index (κ2) is 10.3. The van der Waals surface area contributed by atoms with Crippen LogP contribution < -0.4 is 5.32 Å². The topological polar surface area (TPSA) is 52.7 Å². The first-order chi connectivity index (χ1) is 10.2. The van der Waals surface area contributed by atoms with Crippen molar-refractivity contribution in [3.8, 4) is 0 Å². The number of amides is 2. The third-order valence-corrected chi connectivity index (χ3v) is 5.31. The summed E-state index contributed by atoms with van der Waals surface area (Å²) < 4.78 is 0. The molecule has 2 amide bonds. The molecule has 1 N–H and O–H groups in total. The summed E-state index contributed by atoms with van der Waals surface area (Å²) in [5.41, 5.74) is 0. The van der Waals surface area contributed by atoms with Crippen LogP contribution in [0.2, 0.25) is 0 Å². The van der Waals surface area contributed by atoms with Crippen molar-refractivity contribution in [3.63, 3.8) is 0 Å². The Labute approximate surface area is 144 Å². The zero-order chi connectivity index (χ0) is 15.1. The molecule has 0 aliphatic carbocycles. The maximum atomic E-state index is 12.2. The average Bonchev–Trinajstić information content (AvgIpc) is 2.55. The molecule has 0 unspecified atom stereocenters. The lowest BCUT2D eigenvalue weighted by molar-refractivity contribution is -0.129. The Balaban J connectivity index is 0.00000242. The van der Waals surface area contributed by atoms with Gasteiger partial charge in [-0.05, 0) is 45.2 Å². The molecule has 0 atom stereocenters. The summed E-state index contributed by atoms with van der Waals surface area (Å²) in [6.07, 6.45) is 5.53. The number of thioether (sulfide) groups is 1. The van der Waals surface area contributed by atoms with Gasteiger partial charge in [-0.1, -0.05) is 0 Å². The number of hydrogen-bond acceptors (Lipinski definition) is 4. The van der Waals surface area contributed by atoms with Crippen LogP contribution in [-0.4, -0.2) is 72.4 Å². The van der Waals surface area contributed by atoms with Gasteiger partial charge in [-0.25, -0.2) is 0 Å². The molecule has 2 rings (SSSR count). The van der Waals surface area contributed by atoms with Gasteiger partial charge in [-0.2, -0.15) is 0 Å². The monoisotopic (exact) mass is 349 g/mol. The fourth-order valence-electron chi connectivity index (χ4n) is 2.96. The molecule has 0 aromatic rings. The molecule has 2 fully saturated rings. The number of carbonyl (C=O) groups is 2. The Morgan fingerprint density at radius 3 is 2.41 bits per heavy atom. The van der Waals surface area contributed by atoms with E-state index >= 15 is 0 Å². The van der Waals surface area contributed by atoms with Gasteiger partial charge < -0.3 is 15.1 Å². The van der Waals surface area contributed by atoms with Crippen molar-refractivity contribution in [2.45, 2.75) is 38.1 Å². The summed E-state index contributed by atoms with van der Waals surface area (Å²) in [6.45, 7) is 3.76. The van der Waals surface area contributed by atoms with E-state index in [0.29, 0.717) is 17.5 Å². The average molecular weight is 350 g/mol. The van der Waals surface area contributed by atoms with Crippen molar-refractivity contribution in [1.82, 2.24) is 15.1 Å². The van der Waals surface area contributed by atoms with Crippen LogP contribution in [0, 0.1) is 0 Å². The summed E-state index contributed by atoms with van der Waals surface area (Å²) in [6, 6.07) is 0.358. The molecule has 7 heteroatoms. The van der Waals surface area contributed by atoms with Crippen molar-refractivity contribution < 1.29 is 9.59 Å². The van der Waals surface area contributed by atoms with Crippen molar-refractivity contribution in [1.29, 1.82) is 0 Å². The smallest absolute Gasteiger partial charge is 0.232 e. The van der Waals surface area contributed by atoms with Gasteiger partial charge in [0.25, 0.3) is 0 Å². The number of piperidine rings is 2. The Bertz CT molecular complexity index is 359. The number of nitrogens with zero attached hydrogens (tertiary/aromatic N) is 2. The molecule has 0 bridgehead atoms. The van der Waals surface area contributed by atoms with E-state index in [1.165, 1.54) is 18.2 Å². The Morgan fingerprint density at radius 1 is 1.14 bits per heavy atom. The Morgan fingerprint density at radius 2 is 1.77 bits per heavy atom. The second-order valence-corrected chi connectivity index (χ2v) is 6.91. The normalized spacial score (nSPS) is 19.4. The van der Waals surface area contributed by atoms with E-state index in [-0.39, 0.29) is 24.2 Å². The fraction of sp³-hybridized carbons (Fsp3) is 0.867. The van der Waals surface area contributed by atoms with Crippen molar-refractivity contribution in [2.24, 2.45) is 0 Å². The van der Waals surface area contributed by atoms with E-state index in [1.807, 2.05) is 16.8 Å². The molecule has 2 heterocycles. The number of carbonyl (C=O) groups excluding carboxylic acids is 2. The van der Waals surface area contributed by atoms with Gasteiger partial charge in [-0.3, -0.25) is 9.59 Å². The SMILES string of the molecule is CN(C(=O)CSCC(=O)N1CCCCC1)C1CCNCC1.Cl. The van der Waals surface area contributed by atoms with Crippen LogP contribution in [0.3, 0.4) is 0 Å². The van der Waals surface area contributed by atoms with Gasteiger partial charge in [-0.15, -0.1) is 24.2 Å². The van der Waals surface area contributed by atoms with Crippen LogP contribution in [0.1, 0.15) is 32.1 Å². The highest BCUT2D eigenvalue weighted by molar-refractivity contribution is 8.00. The number of halogens is 1. The number of rotatable bonds is 5. The molecule has 2 aliphatic rings. The van der Waals surface area contributed by atoms with Crippen LogP contribution >= 0.6 is 24.2 Å². The van der Waals surface area contributed by atoms with Crippen molar-refractivity contribution >= 4 is 36.0 Å². The third-order valence-electron chi connectivity index (χ3n) is 4.41. The minimum Gasteiger partial charge on any atom is -0.342 e. The van der Waals surface area contributed by atoms with Crippen molar-refractivity contribution in [2.75, 3.05) is 44.7 Å².